The summed E-state index contributed by atoms with van der Waals surface area (Å²) in [5.41, 5.74) is 1.11. The molecule has 1 atom stereocenters. The SMILES string of the molecule is CCC(Nc1cccc(C#N)n1)c1cccc(S(N)(=O)=O)c1. The molecule has 0 aliphatic heterocycles. The summed E-state index contributed by atoms with van der Waals surface area (Å²) in [6.45, 7) is 1.97. The Morgan fingerprint density at radius 1 is 1.32 bits per heavy atom. The van der Waals surface area contributed by atoms with Gasteiger partial charge < -0.3 is 5.32 Å². The maximum atomic E-state index is 11.4. The molecule has 6 nitrogen and oxygen atoms in total. The van der Waals surface area contributed by atoms with E-state index in [1.165, 1.54) is 6.07 Å². The standard InChI is InChI=1S/C15H16N4O2S/c1-2-14(19-15-8-4-6-12(10-16)18-15)11-5-3-7-13(9-11)22(17,20)21/h3-9,14H,2H2,1H3,(H,18,19)(H2,17,20,21). The Morgan fingerprint density at radius 3 is 2.68 bits per heavy atom. The molecule has 3 N–H and O–H groups in total. The quantitative estimate of drug-likeness (QED) is 0.878. The van der Waals surface area contributed by atoms with Crippen LogP contribution in [0.2, 0.25) is 0 Å². The molecule has 0 spiro atoms. The van der Waals surface area contributed by atoms with Crippen LogP contribution >= 0.6 is 0 Å². The van der Waals surface area contributed by atoms with Crippen molar-refractivity contribution in [3.63, 3.8) is 0 Å². The van der Waals surface area contributed by atoms with E-state index in [-0.39, 0.29) is 10.9 Å². The molecule has 0 bridgehead atoms. The number of nitrogens with zero attached hydrogens (tertiary/aromatic N) is 2. The summed E-state index contributed by atoms with van der Waals surface area (Å²) in [6.07, 6.45) is 0.715. The van der Waals surface area contributed by atoms with E-state index in [9.17, 15) is 8.42 Å². The second-order valence-corrected chi connectivity index (χ2v) is 6.30. The summed E-state index contributed by atoms with van der Waals surface area (Å²) in [4.78, 5) is 4.23. The van der Waals surface area contributed by atoms with Crippen molar-refractivity contribution in [2.45, 2.75) is 24.3 Å². The molecule has 0 fully saturated rings. The molecule has 0 amide bonds. The molecule has 1 unspecified atom stereocenters. The van der Waals surface area contributed by atoms with Crippen LogP contribution in [0.15, 0.2) is 47.4 Å². The zero-order chi connectivity index (χ0) is 16.2. The van der Waals surface area contributed by atoms with Crippen molar-refractivity contribution in [3.8, 4) is 6.07 Å². The van der Waals surface area contributed by atoms with Crippen molar-refractivity contribution in [1.82, 2.24) is 4.98 Å². The smallest absolute Gasteiger partial charge is 0.238 e. The Hall–Kier alpha value is -2.43. The Labute approximate surface area is 129 Å². The topological polar surface area (TPSA) is 109 Å². The van der Waals surface area contributed by atoms with E-state index < -0.39 is 10.0 Å². The summed E-state index contributed by atoms with van der Waals surface area (Å²) in [7, 11) is -3.74. The molecule has 114 valence electrons. The average molecular weight is 316 g/mol. The Bertz CT molecular complexity index is 812. The van der Waals surface area contributed by atoms with Crippen molar-refractivity contribution >= 4 is 15.8 Å². The van der Waals surface area contributed by atoms with E-state index >= 15 is 0 Å². The van der Waals surface area contributed by atoms with Crippen molar-refractivity contribution in [2.24, 2.45) is 5.14 Å². The predicted molar refractivity (Wildman–Crippen MR) is 83.4 cm³/mol. The summed E-state index contributed by atoms with van der Waals surface area (Å²) in [6, 6.07) is 13.4. The third-order valence-corrected chi connectivity index (χ3v) is 4.09. The van der Waals surface area contributed by atoms with Crippen LogP contribution in [0, 0.1) is 11.3 Å². The largest absolute Gasteiger partial charge is 0.363 e. The lowest BCUT2D eigenvalue weighted by Gasteiger charge is -2.18. The molecule has 1 aromatic carbocycles. The first-order valence-corrected chi connectivity index (χ1v) is 8.25. The number of sulfonamides is 1. The summed E-state index contributed by atoms with van der Waals surface area (Å²) < 4.78 is 22.9. The zero-order valence-electron chi connectivity index (χ0n) is 12.0. The third-order valence-electron chi connectivity index (χ3n) is 3.18. The fourth-order valence-electron chi connectivity index (χ4n) is 2.09. The molecule has 7 heteroatoms. The number of anilines is 1. The molecular weight excluding hydrogens is 300 g/mol. The highest BCUT2D eigenvalue weighted by atomic mass is 32.2. The molecule has 1 aromatic heterocycles. The number of primary sulfonamides is 1. The van der Waals surface area contributed by atoms with Gasteiger partial charge in [0.15, 0.2) is 0 Å². The van der Waals surface area contributed by atoms with Gasteiger partial charge >= 0.3 is 0 Å². The molecule has 0 aliphatic rings. The van der Waals surface area contributed by atoms with Gasteiger partial charge in [-0.25, -0.2) is 18.5 Å². The van der Waals surface area contributed by atoms with Crippen LogP contribution in [0.4, 0.5) is 5.82 Å². The van der Waals surface area contributed by atoms with Crippen LogP contribution in [0.25, 0.3) is 0 Å². The fraction of sp³-hybridized carbons (Fsp3) is 0.200. The zero-order valence-corrected chi connectivity index (χ0v) is 12.8. The number of pyridine rings is 1. The van der Waals surface area contributed by atoms with Gasteiger partial charge in [-0.15, -0.1) is 0 Å². The molecule has 0 saturated heterocycles. The van der Waals surface area contributed by atoms with E-state index in [1.54, 1.807) is 30.3 Å². The molecule has 0 aliphatic carbocycles. The minimum Gasteiger partial charge on any atom is -0.363 e. The van der Waals surface area contributed by atoms with Crippen LogP contribution in [0.5, 0.6) is 0 Å². The number of hydrogen-bond acceptors (Lipinski definition) is 5. The lowest BCUT2D eigenvalue weighted by Crippen LogP contribution is -2.15. The van der Waals surface area contributed by atoms with Gasteiger partial charge in [-0.3, -0.25) is 0 Å². The number of benzene rings is 1. The molecule has 2 aromatic rings. The monoisotopic (exact) mass is 316 g/mol. The second-order valence-electron chi connectivity index (χ2n) is 4.74. The average Bonchev–Trinajstić information content (AvgIpc) is 2.52. The normalized spacial score (nSPS) is 12.4. The number of nitrogens with two attached hydrogens (primary N) is 1. The lowest BCUT2D eigenvalue weighted by atomic mass is 10.0. The highest BCUT2D eigenvalue weighted by Gasteiger charge is 2.14. The van der Waals surface area contributed by atoms with E-state index in [0.29, 0.717) is 17.9 Å². The summed E-state index contributed by atoms with van der Waals surface area (Å²) >= 11 is 0. The summed E-state index contributed by atoms with van der Waals surface area (Å²) in [5, 5.41) is 17.2. The van der Waals surface area contributed by atoms with E-state index in [2.05, 4.69) is 10.3 Å². The molecule has 0 radical (unpaired) electrons. The first-order chi connectivity index (χ1) is 10.4. The predicted octanol–water partition coefficient (Wildman–Crippen LogP) is 2.16. The van der Waals surface area contributed by atoms with Gasteiger partial charge in [-0.05, 0) is 36.2 Å². The minimum absolute atomic E-state index is 0.0731. The van der Waals surface area contributed by atoms with Gasteiger partial charge in [-0.1, -0.05) is 25.1 Å². The molecule has 1 heterocycles. The molecule has 0 saturated carbocycles. The van der Waals surface area contributed by atoms with E-state index in [1.807, 2.05) is 19.1 Å². The van der Waals surface area contributed by atoms with Crippen LogP contribution in [-0.2, 0) is 10.0 Å². The molecule has 22 heavy (non-hydrogen) atoms. The molecule has 2 rings (SSSR count). The van der Waals surface area contributed by atoms with E-state index in [4.69, 9.17) is 10.4 Å². The molecular formula is C15H16N4O2S. The first kappa shape index (κ1) is 15.9. The van der Waals surface area contributed by atoms with Gasteiger partial charge in [0, 0.05) is 0 Å². The van der Waals surface area contributed by atoms with Crippen LogP contribution in [-0.4, -0.2) is 13.4 Å². The number of nitrogens with one attached hydrogen (secondary N) is 1. The highest BCUT2D eigenvalue weighted by molar-refractivity contribution is 7.89. The lowest BCUT2D eigenvalue weighted by molar-refractivity contribution is 0.597. The van der Waals surface area contributed by atoms with E-state index in [0.717, 1.165) is 5.56 Å². The van der Waals surface area contributed by atoms with Crippen LogP contribution in [0.1, 0.15) is 30.6 Å². The van der Waals surface area contributed by atoms with Gasteiger partial charge in [0.2, 0.25) is 10.0 Å². The van der Waals surface area contributed by atoms with Crippen LogP contribution < -0.4 is 10.5 Å². The van der Waals surface area contributed by atoms with Gasteiger partial charge in [-0.2, -0.15) is 5.26 Å². The number of aromatic nitrogens is 1. The number of nitriles is 1. The Balaban J connectivity index is 2.31. The maximum Gasteiger partial charge on any atom is 0.238 e. The van der Waals surface area contributed by atoms with Gasteiger partial charge in [0.25, 0.3) is 0 Å². The van der Waals surface area contributed by atoms with Crippen molar-refractivity contribution < 1.29 is 8.42 Å². The number of hydrogen-bond donors (Lipinski definition) is 2. The highest BCUT2D eigenvalue weighted by Crippen LogP contribution is 2.23. The summed E-state index contributed by atoms with van der Waals surface area (Å²) in [5.74, 6) is 0.562. The minimum atomic E-state index is -3.74. The van der Waals surface area contributed by atoms with Crippen molar-refractivity contribution in [3.05, 3.63) is 53.7 Å². The van der Waals surface area contributed by atoms with Crippen molar-refractivity contribution in [1.29, 1.82) is 5.26 Å². The first-order valence-electron chi connectivity index (χ1n) is 6.70. The Morgan fingerprint density at radius 2 is 2.05 bits per heavy atom. The number of rotatable bonds is 5. The van der Waals surface area contributed by atoms with Crippen LogP contribution in [0.3, 0.4) is 0 Å². The maximum absolute atomic E-state index is 11.4. The van der Waals surface area contributed by atoms with Crippen molar-refractivity contribution in [2.75, 3.05) is 5.32 Å². The third kappa shape index (κ3) is 3.81. The Kier molecular flexibility index (Phi) is 4.75. The fourth-order valence-corrected chi connectivity index (χ4v) is 2.65. The van der Waals surface area contributed by atoms with Gasteiger partial charge in [0.1, 0.15) is 17.6 Å². The second kappa shape index (κ2) is 6.56. The van der Waals surface area contributed by atoms with Gasteiger partial charge in [0.05, 0.1) is 10.9 Å².